The number of hydrogen-bond donors (Lipinski definition) is 1. The van der Waals surface area contributed by atoms with E-state index in [2.05, 4.69) is 58.5 Å². The van der Waals surface area contributed by atoms with Gasteiger partial charge in [0.15, 0.2) is 5.16 Å². The number of hydrogen-bond acceptors (Lipinski definition) is 5. The number of carbonyl (C=O) groups is 1. The summed E-state index contributed by atoms with van der Waals surface area (Å²) in [6, 6.07) is 18.6. The highest BCUT2D eigenvalue weighted by Gasteiger charge is 2.21. The molecule has 1 atom stereocenters. The van der Waals surface area contributed by atoms with Crippen LogP contribution in [0.3, 0.4) is 0 Å². The van der Waals surface area contributed by atoms with Crippen LogP contribution in [0.1, 0.15) is 11.1 Å². The lowest BCUT2D eigenvalue weighted by atomic mass is 10.2. The molecule has 7 heteroatoms. The van der Waals surface area contributed by atoms with E-state index in [0.29, 0.717) is 18.9 Å². The number of imidazole rings is 1. The van der Waals surface area contributed by atoms with Crippen LogP contribution in [0.4, 0.5) is 0 Å². The molecule has 0 radical (unpaired) electrons. The Morgan fingerprint density at radius 2 is 2.00 bits per heavy atom. The summed E-state index contributed by atoms with van der Waals surface area (Å²) in [7, 11) is 0. The van der Waals surface area contributed by atoms with Crippen LogP contribution in [0.5, 0.6) is 0 Å². The molecule has 2 aromatic carbocycles. The average Bonchev–Trinajstić information content (AvgIpc) is 3.26. The van der Waals surface area contributed by atoms with Gasteiger partial charge in [0.1, 0.15) is 0 Å². The molecule has 1 aromatic heterocycles. The summed E-state index contributed by atoms with van der Waals surface area (Å²) in [5.74, 6) is 0.316. The van der Waals surface area contributed by atoms with Gasteiger partial charge in [-0.25, -0.2) is 4.98 Å². The van der Waals surface area contributed by atoms with Gasteiger partial charge in [0.25, 0.3) is 0 Å². The second-order valence-corrected chi connectivity index (χ2v) is 8.62. The van der Waals surface area contributed by atoms with E-state index >= 15 is 0 Å². The van der Waals surface area contributed by atoms with Crippen molar-refractivity contribution in [2.75, 3.05) is 32.0 Å². The first-order chi connectivity index (χ1) is 15.2. The van der Waals surface area contributed by atoms with Crippen molar-refractivity contribution in [3.8, 4) is 5.69 Å². The zero-order valence-corrected chi connectivity index (χ0v) is 18.6. The van der Waals surface area contributed by atoms with Gasteiger partial charge in [-0.1, -0.05) is 60.3 Å². The first-order valence-corrected chi connectivity index (χ1v) is 11.5. The molecule has 2 heterocycles. The molecule has 0 unspecified atom stereocenters. The Labute approximate surface area is 187 Å². The molecule has 3 aromatic rings. The summed E-state index contributed by atoms with van der Waals surface area (Å²) in [5.41, 5.74) is 3.55. The van der Waals surface area contributed by atoms with Crippen molar-refractivity contribution < 1.29 is 9.53 Å². The Morgan fingerprint density at radius 1 is 1.19 bits per heavy atom. The molecule has 0 aliphatic carbocycles. The van der Waals surface area contributed by atoms with E-state index in [0.717, 1.165) is 30.5 Å². The topological polar surface area (TPSA) is 59.4 Å². The van der Waals surface area contributed by atoms with Gasteiger partial charge in [0.2, 0.25) is 5.91 Å². The minimum Gasteiger partial charge on any atom is -0.374 e. The van der Waals surface area contributed by atoms with Gasteiger partial charge in [-0.2, -0.15) is 0 Å². The number of carbonyl (C=O) groups excluding carboxylic acids is 1. The normalized spacial score (nSPS) is 16.9. The maximum Gasteiger partial charge on any atom is 0.230 e. The fourth-order valence-corrected chi connectivity index (χ4v) is 4.51. The van der Waals surface area contributed by atoms with Crippen molar-refractivity contribution in [2.45, 2.75) is 24.7 Å². The zero-order chi connectivity index (χ0) is 21.5. The highest BCUT2D eigenvalue weighted by molar-refractivity contribution is 7.99. The molecular formula is C24H28N4O2S. The molecule has 1 aliphatic rings. The number of aromatic nitrogens is 2. The maximum absolute atomic E-state index is 12.4. The number of morpholine rings is 1. The highest BCUT2D eigenvalue weighted by Crippen LogP contribution is 2.22. The fourth-order valence-electron chi connectivity index (χ4n) is 3.71. The fraction of sp³-hybridized carbons (Fsp3) is 0.333. The Morgan fingerprint density at radius 3 is 2.84 bits per heavy atom. The molecule has 1 saturated heterocycles. The van der Waals surface area contributed by atoms with Gasteiger partial charge < -0.3 is 10.1 Å². The molecule has 6 nitrogen and oxygen atoms in total. The lowest BCUT2D eigenvalue weighted by Crippen LogP contribution is -2.47. The molecule has 0 spiro atoms. The van der Waals surface area contributed by atoms with Crippen LogP contribution in [0.15, 0.2) is 72.1 Å². The number of nitrogens with zero attached hydrogens (tertiary/aromatic N) is 3. The zero-order valence-electron chi connectivity index (χ0n) is 17.7. The van der Waals surface area contributed by atoms with Crippen LogP contribution in [0, 0.1) is 6.92 Å². The number of benzene rings is 2. The third-order valence-corrected chi connectivity index (χ3v) is 6.28. The SMILES string of the molecule is Cc1ccccc1-n1ccnc1SCC(=O)NC[C@@H]1CN(Cc2ccccc2)CCO1. The largest absolute Gasteiger partial charge is 0.374 e. The molecule has 162 valence electrons. The van der Waals surface area contributed by atoms with Crippen LogP contribution in [0.2, 0.25) is 0 Å². The van der Waals surface area contributed by atoms with Gasteiger partial charge in [-0.15, -0.1) is 0 Å². The molecule has 1 N–H and O–H groups in total. The van der Waals surface area contributed by atoms with Crippen LogP contribution < -0.4 is 5.32 Å². The molecule has 4 rings (SSSR count). The summed E-state index contributed by atoms with van der Waals surface area (Å²) in [6.07, 6.45) is 3.71. The Kier molecular flexibility index (Phi) is 7.40. The third kappa shape index (κ3) is 5.97. The number of amides is 1. The standard InChI is InChI=1S/C24H28N4O2S/c1-19-7-5-6-10-22(19)28-12-11-25-24(28)31-18-23(29)26-15-21-17-27(13-14-30-21)16-20-8-3-2-4-9-20/h2-12,21H,13-18H2,1H3,(H,26,29)/t21-/m1/s1. The number of ether oxygens (including phenoxy) is 1. The molecule has 1 amide bonds. The molecule has 1 fully saturated rings. The number of thioether (sulfide) groups is 1. The van der Waals surface area contributed by atoms with Gasteiger partial charge in [-0.3, -0.25) is 14.3 Å². The predicted molar refractivity (Wildman–Crippen MR) is 123 cm³/mol. The number of rotatable bonds is 8. The van der Waals surface area contributed by atoms with E-state index in [1.807, 2.05) is 29.0 Å². The molecular weight excluding hydrogens is 408 g/mol. The van der Waals surface area contributed by atoms with Crippen LogP contribution in [-0.2, 0) is 16.1 Å². The van der Waals surface area contributed by atoms with E-state index in [1.165, 1.54) is 22.9 Å². The third-order valence-electron chi connectivity index (χ3n) is 5.31. The van der Waals surface area contributed by atoms with Gasteiger partial charge >= 0.3 is 0 Å². The number of aryl methyl sites for hydroxylation is 1. The van der Waals surface area contributed by atoms with Crippen molar-refractivity contribution in [3.05, 3.63) is 78.1 Å². The molecule has 1 aliphatic heterocycles. The minimum atomic E-state index is -0.00637. The second-order valence-electron chi connectivity index (χ2n) is 7.67. The minimum absolute atomic E-state index is 0.00637. The summed E-state index contributed by atoms with van der Waals surface area (Å²) < 4.78 is 7.88. The lowest BCUT2D eigenvalue weighted by Gasteiger charge is -2.33. The predicted octanol–water partition coefficient (Wildman–Crippen LogP) is 3.29. The summed E-state index contributed by atoms with van der Waals surface area (Å²) in [5, 5.41) is 3.83. The Balaban J connectivity index is 1.24. The second kappa shape index (κ2) is 10.6. The van der Waals surface area contributed by atoms with E-state index in [9.17, 15) is 4.79 Å². The molecule has 0 bridgehead atoms. The van der Waals surface area contributed by atoms with Crippen LogP contribution >= 0.6 is 11.8 Å². The monoisotopic (exact) mass is 436 g/mol. The van der Waals surface area contributed by atoms with Crippen molar-refractivity contribution in [3.63, 3.8) is 0 Å². The van der Waals surface area contributed by atoms with Crippen molar-refractivity contribution >= 4 is 17.7 Å². The number of nitrogens with one attached hydrogen (secondary N) is 1. The quantitative estimate of drug-likeness (QED) is 0.549. The van der Waals surface area contributed by atoms with Crippen molar-refractivity contribution in [1.82, 2.24) is 19.8 Å². The number of para-hydroxylation sites is 1. The average molecular weight is 437 g/mol. The maximum atomic E-state index is 12.4. The van der Waals surface area contributed by atoms with E-state index in [-0.39, 0.29) is 12.0 Å². The van der Waals surface area contributed by atoms with E-state index in [4.69, 9.17) is 4.74 Å². The van der Waals surface area contributed by atoms with E-state index in [1.54, 1.807) is 6.20 Å². The van der Waals surface area contributed by atoms with Gasteiger partial charge in [-0.05, 0) is 24.1 Å². The van der Waals surface area contributed by atoms with Crippen molar-refractivity contribution in [1.29, 1.82) is 0 Å². The lowest BCUT2D eigenvalue weighted by molar-refractivity contribution is -0.119. The first-order valence-electron chi connectivity index (χ1n) is 10.6. The van der Waals surface area contributed by atoms with Gasteiger partial charge in [0, 0.05) is 38.6 Å². The summed E-state index contributed by atoms with van der Waals surface area (Å²) in [4.78, 5) is 19.2. The summed E-state index contributed by atoms with van der Waals surface area (Å²) in [6.45, 7) is 5.93. The highest BCUT2D eigenvalue weighted by atomic mass is 32.2. The van der Waals surface area contributed by atoms with Crippen molar-refractivity contribution in [2.24, 2.45) is 0 Å². The summed E-state index contributed by atoms with van der Waals surface area (Å²) >= 11 is 1.44. The molecule has 0 saturated carbocycles. The van der Waals surface area contributed by atoms with Crippen LogP contribution in [0.25, 0.3) is 5.69 Å². The first kappa shape index (κ1) is 21.6. The van der Waals surface area contributed by atoms with Crippen LogP contribution in [-0.4, -0.2) is 58.5 Å². The molecule has 31 heavy (non-hydrogen) atoms. The smallest absolute Gasteiger partial charge is 0.230 e. The van der Waals surface area contributed by atoms with E-state index < -0.39 is 0 Å². The van der Waals surface area contributed by atoms with Gasteiger partial charge in [0.05, 0.1) is 24.2 Å². The Bertz CT molecular complexity index is 992. The Hall–Kier alpha value is -2.61.